The Bertz CT molecular complexity index is 550. The molecule has 0 aliphatic heterocycles. The lowest BCUT2D eigenvalue weighted by Gasteiger charge is -2.03. The molecule has 1 aromatic heterocycles. The Balaban J connectivity index is 2.33. The van der Waals surface area contributed by atoms with Crippen LogP contribution in [0, 0.1) is 0 Å². The Morgan fingerprint density at radius 3 is 3.00 bits per heavy atom. The maximum Gasteiger partial charge on any atom is 0.348 e. The fraction of sp³-hybridized carbons (Fsp3) is 0.250. The lowest BCUT2D eigenvalue weighted by molar-refractivity contribution is -0.149. The fourth-order valence-electron chi connectivity index (χ4n) is 1.49. The first kappa shape index (κ1) is 11.9. The highest BCUT2D eigenvalue weighted by molar-refractivity contribution is 6.31. The number of halogens is 2. The summed E-state index contributed by atoms with van der Waals surface area (Å²) >= 11 is 5.79. The zero-order valence-electron chi connectivity index (χ0n) is 9.07. The number of hydrogen-bond donors (Lipinski definition) is 0. The van der Waals surface area contributed by atoms with Crippen molar-refractivity contribution < 1.29 is 18.3 Å². The van der Waals surface area contributed by atoms with Gasteiger partial charge in [0, 0.05) is 10.4 Å². The third-order valence-corrected chi connectivity index (χ3v) is 2.48. The molecule has 1 unspecified atom stereocenters. The molecule has 0 N–H and O–H groups in total. The van der Waals surface area contributed by atoms with E-state index >= 15 is 0 Å². The van der Waals surface area contributed by atoms with Crippen LogP contribution in [0.15, 0.2) is 28.7 Å². The average molecular weight is 257 g/mol. The third kappa shape index (κ3) is 2.42. The molecule has 1 heterocycles. The molecule has 0 aliphatic carbocycles. The first-order valence-corrected chi connectivity index (χ1v) is 5.49. The molecule has 2 aromatic rings. The van der Waals surface area contributed by atoms with E-state index in [1.54, 1.807) is 25.1 Å². The van der Waals surface area contributed by atoms with E-state index in [2.05, 4.69) is 4.74 Å². The molecule has 5 heteroatoms. The second kappa shape index (κ2) is 4.75. The summed E-state index contributed by atoms with van der Waals surface area (Å²) in [4.78, 5) is 11.2. The summed E-state index contributed by atoms with van der Waals surface area (Å²) in [6.07, 6.45) is -1.90. The minimum absolute atomic E-state index is 0.0688. The van der Waals surface area contributed by atoms with Crippen molar-refractivity contribution in [3.63, 3.8) is 0 Å². The van der Waals surface area contributed by atoms with Crippen LogP contribution in [-0.4, -0.2) is 12.6 Å². The second-order valence-corrected chi connectivity index (χ2v) is 3.88. The van der Waals surface area contributed by atoms with Crippen molar-refractivity contribution in [2.24, 2.45) is 0 Å². The lowest BCUT2D eigenvalue weighted by atomic mass is 10.2. The van der Waals surface area contributed by atoms with Gasteiger partial charge in [-0.05, 0) is 31.2 Å². The van der Waals surface area contributed by atoms with Gasteiger partial charge >= 0.3 is 5.97 Å². The van der Waals surface area contributed by atoms with E-state index < -0.39 is 12.1 Å². The molecule has 0 bridgehead atoms. The molecule has 2 rings (SSSR count). The van der Waals surface area contributed by atoms with Crippen LogP contribution in [-0.2, 0) is 9.53 Å². The van der Waals surface area contributed by atoms with E-state index in [4.69, 9.17) is 16.0 Å². The Morgan fingerprint density at radius 1 is 1.53 bits per heavy atom. The number of carbonyl (C=O) groups is 1. The van der Waals surface area contributed by atoms with Crippen LogP contribution in [0.4, 0.5) is 4.39 Å². The molecular formula is C12H10ClFO3. The molecule has 0 amide bonds. The van der Waals surface area contributed by atoms with Crippen LogP contribution < -0.4 is 0 Å². The summed E-state index contributed by atoms with van der Waals surface area (Å²) in [7, 11) is 0. The van der Waals surface area contributed by atoms with Crippen molar-refractivity contribution in [2.75, 3.05) is 6.61 Å². The van der Waals surface area contributed by atoms with E-state index in [9.17, 15) is 9.18 Å². The molecule has 0 spiro atoms. The molecule has 0 aliphatic rings. The average Bonchev–Trinajstić information content (AvgIpc) is 2.71. The number of alkyl halides is 1. The second-order valence-electron chi connectivity index (χ2n) is 3.45. The smallest absolute Gasteiger partial charge is 0.348 e. The number of benzene rings is 1. The zero-order valence-corrected chi connectivity index (χ0v) is 9.83. The molecule has 0 fully saturated rings. The molecule has 0 radical (unpaired) electrons. The maximum atomic E-state index is 13.7. The van der Waals surface area contributed by atoms with Gasteiger partial charge in [-0.1, -0.05) is 11.6 Å². The summed E-state index contributed by atoms with van der Waals surface area (Å²) in [6, 6.07) is 6.35. The summed E-state index contributed by atoms with van der Waals surface area (Å²) < 4.78 is 23.4. The minimum atomic E-state index is -1.90. The summed E-state index contributed by atoms with van der Waals surface area (Å²) in [6.45, 7) is 1.74. The first-order chi connectivity index (χ1) is 8.11. The largest absolute Gasteiger partial charge is 0.463 e. The molecule has 3 nitrogen and oxygen atoms in total. The number of hydrogen-bond acceptors (Lipinski definition) is 3. The van der Waals surface area contributed by atoms with Crippen LogP contribution in [0.5, 0.6) is 0 Å². The van der Waals surface area contributed by atoms with Crippen molar-refractivity contribution in [2.45, 2.75) is 13.1 Å². The van der Waals surface area contributed by atoms with E-state index in [-0.39, 0.29) is 12.4 Å². The zero-order chi connectivity index (χ0) is 12.4. The Labute approximate surface area is 102 Å². The van der Waals surface area contributed by atoms with Crippen LogP contribution in [0.2, 0.25) is 5.02 Å². The van der Waals surface area contributed by atoms with Gasteiger partial charge < -0.3 is 9.15 Å². The normalized spacial score (nSPS) is 12.6. The molecule has 1 atom stereocenters. The Kier molecular flexibility index (Phi) is 3.33. The van der Waals surface area contributed by atoms with Gasteiger partial charge in [0.15, 0.2) is 5.76 Å². The predicted octanol–water partition coefficient (Wildman–Crippen LogP) is 3.66. The van der Waals surface area contributed by atoms with E-state index in [1.807, 2.05) is 0 Å². The highest BCUT2D eigenvalue weighted by Crippen LogP contribution is 2.28. The number of esters is 1. The summed E-state index contributed by atoms with van der Waals surface area (Å²) in [5.41, 5.74) is 0.483. The van der Waals surface area contributed by atoms with Gasteiger partial charge in [-0.25, -0.2) is 9.18 Å². The third-order valence-electron chi connectivity index (χ3n) is 2.24. The summed E-state index contributed by atoms with van der Waals surface area (Å²) in [5.74, 6) is -1.02. The SMILES string of the molecule is CCOC(=O)C(F)c1cc2cc(Cl)ccc2o1. The topological polar surface area (TPSA) is 39.4 Å². The van der Waals surface area contributed by atoms with Crippen LogP contribution in [0.25, 0.3) is 11.0 Å². The van der Waals surface area contributed by atoms with Gasteiger partial charge in [-0.2, -0.15) is 0 Å². The Hall–Kier alpha value is -1.55. The van der Waals surface area contributed by atoms with Gasteiger partial charge in [0.05, 0.1) is 6.61 Å². The fourth-order valence-corrected chi connectivity index (χ4v) is 1.67. The standard InChI is InChI=1S/C12H10ClFO3/c1-2-16-12(15)11(14)10-6-7-5-8(13)3-4-9(7)17-10/h3-6,11H,2H2,1H3. The van der Waals surface area contributed by atoms with E-state index in [1.165, 1.54) is 6.07 Å². The number of rotatable bonds is 3. The number of furan rings is 1. The van der Waals surface area contributed by atoms with E-state index in [0.717, 1.165) is 0 Å². The van der Waals surface area contributed by atoms with E-state index in [0.29, 0.717) is 16.0 Å². The number of carbonyl (C=O) groups excluding carboxylic acids is 1. The number of ether oxygens (including phenoxy) is 1. The van der Waals surface area contributed by atoms with Gasteiger partial charge in [0.2, 0.25) is 0 Å². The maximum absolute atomic E-state index is 13.7. The van der Waals surface area contributed by atoms with Gasteiger partial charge in [-0.15, -0.1) is 0 Å². The highest BCUT2D eigenvalue weighted by Gasteiger charge is 2.24. The van der Waals surface area contributed by atoms with Gasteiger partial charge in [-0.3, -0.25) is 0 Å². The van der Waals surface area contributed by atoms with Gasteiger partial charge in [0.25, 0.3) is 6.17 Å². The van der Waals surface area contributed by atoms with Crippen molar-refractivity contribution in [1.82, 2.24) is 0 Å². The van der Waals surface area contributed by atoms with Crippen molar-refractivity contribution in [1.29, 1.82) is 0 Å². The number of fused-ring (bicyclic) bond motifs is 1. The monoisotopic (exact) mass is 256 g/mol. The van der Waals surface area contributed by atoms with Gasteiger partial charge in [0.1, 0.15) is 5.58 Å². The summed E-state index contributed by atoms with van der Waals surface area (Å²) in [5, 5.41) is 1.18. The molecule has 0 saturated carbocycles. The predicted molar refractivity (Wildman–Crippen MR) is 61.7 cm³/mol. The van der Waals surface area contributed by atoms with Crippen molar-refractivity contribution >= 4 is 28.5 Å². The quantitative estimate of drug-likeness (QED) is 0.787. The molecule has 90 valence electrons. The molecule has 0 saturated heterocycles. The van der Waals surface area contributed by atoms with Crippen molar-refractivity contribution in [3.8, 4) is 0 Å². The first-order valence-electron chi connectivity index (χ1n) is 5.11. The van der Waals surface area contributed by atoms with Crippen LogP contribution in [0.1, 0.15) is 18.9 Å². The lowest BCUT2D eigenvalue weighted by Crippen LogP contribution is -2.11. The minimum Gasteiger partial charge on any atom is -0.463 e. The Morgan fingerprint density at radius 2 is 2.29 bits per heavy atom. The highest BCUT2D eigenvalue weighted by atomic mass is 35.5. The van der Waals surface area contributed by atoms with Crippen molar-refractivity contribution in [3.05, 3.63) is 35.0 Å². The molecular weight excluding hydrogens is 247 g/mol. The van der Waals surface area contributed by atoms with Crippen LogP contribution in [0.3, 0.4) is 0 Å². The molecule has 1 aromatic carbocycles. The molecule has 17 heavy (non-hydrogen) atoms. The van der Waals surface area contributed by atoms with Crippen LogP contribution >= 0.6 is 11.6 Å².